The Bertz CT molecular complexity index is 1190. The molecule has 1 aliphatic carbocycles. The monoisotopic (exact) mass is 512 g/mol. The number of alkyl halides is 3. The number of aryl methyl sites for hydroxylation is 1. The van der Waals surface area contributed by atoms with Crippen LogP contribution in [0.25, 0.3) is 11.3 Å². The first kappa shape index (κ1) is 26.5. The molecule has 0 aliphatic heterocycles. The van der Waals surface area contributed by atoms with Gasteiger partial charge in [0.05, 0.1) is 11.6 Å². The van der Waals surface area contributed by atoms with Crippen LogP contribution in [0.5, 0.6) is 0 Å². The molecule has 1 atom stereocenters. The molecule has 196 valence electrons. The Kier molecular flexibility index (Phi) is 8.36. The van der Waals surface area contributed by atoms with Gasteiger partial charge in [-0.2, -0.15) is 13.2 Å². The van der Waals surface area contributed by atoms with E-state index in [0.29, 0.717) is 29.3 Å². The van der Waals surface area contributed by atoms with E-state index in [1.807, 2.05) is 25.1 Å². The van der Waals surface area contributed by atoms with Gasteiger partial charge in [0.2, 0.25) is 0 Å². The second kappa shape index (κ2) is 11.7. The molecule has 1 amide bonds. The van der Waals surface area contributed by atoms with Crippen LogP contribution in [0.15, 0.2) is 59.0 Å². The maximum Gasteiger partial charge on any atom is 0.416 e. The van der Waals surface area contributed by atoms with Crippen molar-refractivity contribution in [2.75, 3.05) is 11.9 Å². The molecule has 0 saturated heterocycles. The highest BCUT2D eigenvalue weighted by atomic mass is 19.4. The van der Waals surface area contributed by atoms with Gasteiger partial charge in [0.1, 0.15) is 17.8 Å². The summed E-state index contributed by atoms with van der Waals surface area (Å²) in [5, 5.41) is 6.30. The summed E-state index contributed by atoms with van der Waals surface area (Å²) in [6.45, 7) is 2.25. The highest BCUT2D eigenvalue weighted by molar-refractivity contribution is 5.94. The van der Waals surface area contributed by atoms with Crippen LogP contribution in [0.2, 0.25) is 0 Å². The molecular formula is C29H31F3N2O3. The number of rotatable bonds is 9. The number of furan rings is 1. The van der Waals surface area contributed by atoms with E-state index in [2.05, 4.69) is 10.6 Å². The van der Waals surface area contributed by atoms with Gasteiger partial charge < -0.3 is 19.8 Å². The highest BCUT2D eigenvalue weighted by Crippen LogP contribution is 2.40. The minimum absolute atomic E-state index is 0.115. The predicted octanol–water partition coefficient (Wildman–Crippen LogP) is 7.33. The van der Waals surface area contributed by atoms with E-state index in [-0.39, 0.29) is 18.4 Å². The van der Waals surface area contributed by atoms with Crippen LogP contribution < -0.4 is 10.6 Å². The van der Waals surface area contributed by atoms with Crippen LogP contribution in [0.1, 0.15) is 71.8 Å². The molecule has 1 aliphatic rings. The second-order valence-corrected chi connectivity index (χ2v) is 9.54. The first-order valence-electron chi connectivity index (χ1n) is 12.6. The Balaban J connectivity index is 1.56. The molecular weight excluding hydrogens is 481 g/mol. The van der Waals surface area contributed by atoms with Gasteiger partial charge in [0.15, 0.2) is 0 Å². The zero-order chi connectivity index (χ0) is 26.4. The Hall–Kier alpha value is -3.55. The summed E-state index contributed by atoms with van der Waals surface area (Å²) in [4.78, 5) is 22.7. The maximum absolute atomic E-state index is 13.0. The largest absolute Gasteiger partial charge is 0.459 e. The summed E-state index contributed by atoms with van der Waals surface area (Å²) in [7, 11) is 0. The molecule has 8 heteroatoms. The standard InChI is InChI=1S/C29H31F3N2O3/c1-19-18-25(20-8-12-23(13-9-20)29(30,31)32)37-27(19)26(21-6-3-2-4-7-21)34-24-14-10-22(11-15-24)28(36)33-16-5-17-35/h8-15,17-18,21,26,34H,2-7,16H2,1H3,(H,33,36). The Morgan fingerprint density at radius 3 is 2.35 bits per heavy atom. The van der Waals surface area contributed by atoms with E-state index >= 15 is 0 Å². The van der Waals surface area contributed by atoms with Crippen molar-refractivity contribution in [1.29, 1.82) is 0 Å². The summed E-state index contributed by atoms with van der Waals surface area (Å²) in [5.41, 5.74) is 2.18. The topological polar surface area (TPSA) is 71.3 Å². The number of anilines is 1. The van der Waals surface area contributed by atoms with Gasteiger partial charge in [0, 0.05) is 29.8 Å². The summed E-state index contributed by atoms with van der Waals surface area (Å²) in [6.07, 6.45) is 2.21. The Morgan fingerprint density at radius 1 is 1.05 bits per heavy atom. The quantitative estimate of drug-likeness (QED) is 0.233. The minimum atomic E-state index is -4.38. The molecule has 1 heterocycles. The van der Waals surface area contributed by atoms with Gasteiger partial charge >= 0.3 is 6.18 Å². The average Bonchev–Trinajstić information content (AvgIpc) is 3.29. The molecule has 2 N–H and O–H groups in total. The third-order valence-corrected chi connectivity index (χ3v) is 6.87. The van der Waals surface area contributed by atoms with Gasteiger partial charge in [-0.3, -0.25) is 4.79 Å². The molecule has 0 spiro atoms. The molecule has 2 aromatic carbocycles. The fourth-order valence-electron chi connectivity index (χ4n) is 4.88. The lowest BCUT2D eigenvalue weighted by atomic mass is 9.82. The van der Waals surface area contributed by atoms with Crippen LogP contribution in [0, 0.1) is 12.8 Å². The smallest absolute Gasteiger partial charge is 0.416 e. The van der Waals surface area contributed by atoms with Crippen molar-refractivity contribution in [3.63, 3.8) is 0 Å². The third kappa shape index (κ3) is 6.61. The predicted molar refractivity (Wildman–Crippen MR) is 136 cm³/mol. The number of nitrogens with one attached hydrogen (secondary N) is 2. The first-order valence-corrected chi connectivity index (χ1v) is 12.6. The number of carbonyl (C=O) groups is 2. The van der Waals surface area contributed by atoms with E-state index < -0.39 is 11.7 Å². The molecule has 4 rings (SSSR count). The summed E-state index contributed by atoms with van der Waals surface area (Å²) < 4.78 is 45.2. The molecule has 0 bridgehead atoms. The van der Waals surface area contributed by atoms with Crippen molar-refractivity contribution in [1.82, 2.24) is 5.32 Å². The summed E-state index contributed by atoms with van der Waals surface area (Å²) in [5.74, 6) is 1.41. The maximum atomic E-state index is 13.0. The van der Waals surface area contributed by atoms with Crippen molar-refractivity contribution in [3.05, 3.63) is 77.0 Å². The molecule has 1 aromatic heterocycles. The molecule has 3 aromatic rings. The van der Waals surface area contributed by atoms with Gasteiger partial charge in [-0.25, -0.2) is 0 Å². The second-order valence-electron chi connectivity index (χ2n) is 9.54. The van der Waals surface area contributed by atoms with Gasteiger partial charge in [-0.05, 0) is 73.7 Å². The zero-order valence-electron chi connectivity index (χ0n) is 20.7. The van der Waals surface area contributed by atoms with Crippen LogP contribution in [-0.2, 0) is 11.0 Å². The fraction of sp³-hybridized carbons (Fsp3) is 0.379. The first-order chi connectivity index (χ1) is 17.8. The SMILES string of the molecule is Cc1cc(-c2ccc(C(F)(F)F)cc2)oc1C(Nc1ccc(C(=O)NCCC=O)cc1)C1CCCCC1. The summed E-state index contributed by atoms with van der Waals surface area (Å²) >= 11 is 0. The Labute approximate surface area is 214 Å². The average molecular weight is 513 g/mol. The van der Waals surface area contributed by atoms with E-state index in [1.54, 1.807) is 12.1 Å². The lowest BCUT2D eigenvalue weighted by molar-refractivity contribution is -0.137. The van der Waals surface area contributed by atoms with Crippen molar-refractivity contribution < 1.29 is 27.2 Å². The molecule has 1 unspecified atom stereocenters. The lowest BCUT2D eigenvalue weighted by Gasteiger charge is -2.31. The Morgan fingerprint density at radius 2 is 1.73 bits per heavy atom. The van der Waals surface area contributed by atoms with Crippen LogP contribution in [0.4, 0.5) is 18.9 Å². The van der Waals surface area contributed by atoms with Crippen molar-refractivity contribution >= 4 is 17.9 Å². The number of carbonyl (C=O) groups excluding carboxylic acids is 2. The van der Waals surface area contributed by atoms with Gasteiger partial charge in [0.25, 0.3) is 5.91 Å². The molecule has 1 saturated carbocycles. The third-order valence-electron chi connectivity index (χ3n) is 6.87. The van der Waals surface area contributed by atoms with Crippen molar-refractivity contribution in [2.45, 2.75) is 57.7 Å². The number of hydrogen-bond donors (Lipinski definition) is 2. The number of benzene rings is 2. The molecule has 37 heavy (non-hydrogen) atoms. The van der Waals surface area contributed by atoms with Gasteiger partial charge in [-0.15, -0.1) is 0 Å². The van der Waals surface area contributed by atoms with E-state index in [1.165, 1.54) is 18.6 Å². The number of amides is 1. The molecule has 5 nitrogen and oxygen atoms in total. The van der Waals surface area contributed by atoms with E-state index in [4.69, 9.17) is 4.42 Å². The number of halogens is 3. The zero-order valence-corrected chi connectivity index (χ0v) is 20.7. The van der Waals surface area contributed by atoms with Crippen LogP contribution in [-0.4, -0.2) is 18.7 Å². The fourth-order valence-corrected chi connectivity index (χ4v) is 4.88. The van der Waals surface area contributed by atoms with E-state index in [0.717, 1.165) is 61.1 Å². The minimum Gasteiger partial charge on any atom is -0.459 e. The lowest BCUT2D eigenvalue weighted by Crippen LogP contribution is -2.25. The summed E-state index contributed by atoms with van der Waals surface area (Å²) in [6, 6.07) is 13.9. The molecule has 0 radical (unpaired) electrons. The van der Waals surface area contributed by atoms with Crippen molar-refractivity contribution in [3.8, 4) is 11.3 Å². The normalized spacial score (nSPS) is 15.2. The van der Waals surface area contributed by atoms with Crippen molar-refractivity contribution in [2.24, 2.45) is 5.92 Å². The highest BCUT2D eigenvalue weighted by Gasteiger charge is 2.31. The number of aldehydes is 1. The van der Waals surface area contributed by atoms with E-state index in [9.17, 15) is 22.8 Å². The van der Waals surface area contributed by atoms with Crippen LogP contribution >= 0.6 is 0 Å². The van der Waals surface area contributed by atoms with Crippen LogP contribution in [0.3, 0.4) is 0 Å². The number of hydrogen-bond acceptors (Lipinski definition) is 4. The molecule has 1 fully saturated rings. The van der Waals surface area contributed by atoms with Gasteiger partial charge in [-0.1, -0.05) is 31.4 Å².